The third-order valence-electron chi connectivity index (χ3n) is 2.62. The third kappa shape index (κ3) is 5.40. The van der Waals surface area contributed by atoms with Gasteiger partial charge in [0.2, 0.25) is 0 Å². The molecule has 0 aromatic heterocycles. The standard InChI is InChI=1S/C12H16Cl2N2O5/c13-6-1-2-8(7(14)3-6)16-15-4-9(18)11(20)12(21)10(19)5-17/h1-4,9-12,16-21H,5H2/t9-,10-,11-,12-/m1/s1. The predicted octanol–water partition coefficient (Wildman–Crippen LogP) is -0.173. The maximum atomic E-state index is 9.58. The van der Waals surface area contributed by atoms with Gasteiger partial charge in [0, 0.05) is 5.02 Å². The first-order chi connectivity index (χ1) is 9.86. The molecule has 4 atom stereocenters. The zero-order valence-corrected chi connectivity index (χ0v) is 12.3. The lowest BCUT2D eigenvalue weighted by molar-refractivity contribution is -0.0999. The minimum absolute atomic E-state index is 0.311. The van der Waals surface area contributed by atoms with E-state index >= 15 is 0 Å². The molecule has 0 saturated heterocycles. The molecular weight excluding hydrogens is 323 g/mol. The van der Waals surface area contributed by atoms with Crippen molar-refractivity contribution in [2.24, 2.45) is 5.10 Å². The summed E-state index contributed by atoms with van der Waals surface area (Å²) in [6.45, 7) is -0.749. The second kappa shape index (κ2) is 8.50. The molecule has 1 aromatic carbocycles. The SMILES string of the molecule is OC[C@@H](O)[C@@H](O)[C@H](O)[C@H](O)C=NNc1ccc(Cl)cc1Cl. The number of hydrazone groups is 1. The van der Waals surface area contributed by atoms with Gasteiger partial charge in [-0.05, 0) is 18.2 Å². The molecule has 21 heavy (non-hydrogen) atoms. The Balaban J connectivity index is 2.59. The largest absolute Gasteiger partial charge is 0.394 e. The van der Waals surface area contributed by atoms with Crippen LogP contribution in [0, 0.1) is 0 Å². The molecule has 0 fully saturated rings. The Morgan fingerprint density at radius 2 is 1.81 bits per heavy atom. The summed E-state index contributed by atoms with van der Waals surface area (Å²) in [4.78, 5) is 0. The number of aliphatic hydroxyl groups excluding tert-OH is 5. The van der Waals surface area contributed by atoms with Gasteiger partial charge < -0.3 is 25.5 Å². The van der Waals surface area contributed by atoms with Crippen LogP contribution < -0.4 is 5.43 Å². The lowest BCUT2D eigenvalue weighted by Crippen LogP contribution is -2.46. The Labute approximate surface area is 131 Å². The van der Waals surface area contributed by atoms with Crippen LogP contribution in [0.2, 0.25) is 10.0 Å². The fourth-order valence-corrected chi connectivity index (χ4v) is 1.84. The maximum absolute atomic E-state index is 9.58. The fraction of sp³-hybridized carbons (Fsp3) is 0.417. The van der Waals surface area contributed by atoms with Gasteiger partial charge in [-0.1, -0.05) is 23.2 Å². The summed E-state index contributed by atoms with van der Waals surface area (Å²) in [5.74, 6) is 0. The average Bonchev–Trinajstić information content (AvgIpc) is 2.46. The van der Waals surface area contributed by atoms with E-state index in [0.29, 0.717) is 15.7 Å². The zero-order valence-electron chi connectivity index (χ0n) is 10.8. The minimum atomic E-state index is -1.71. The van der Waals surface area contributed by atoms with Crippen LogP contribution >= 0.6 is 23.2 Å². The van der Waals surface area contributed by atoms with Crippen molar-refractivity contribution in [3.05, 3.63) is 28.2 Å². The Hall–Kier alpha value is -0.930. The van der Waals surface area contributed by atoms with E-state index in [4.69, 9.17) is 33.4 Å². The molecule has 0 bridgehead atoms. The van der Waals surface area contributed by atoms with Crippen molar-refractivity contribution < 1.29 is 25.5 Å². The number of hydrogen-bond donors (Lipinski definition) is 6. The number of rotatable bonds is 7. The first kappa shape index (κ1) is 18.1. The summed E-state index contributed by atoms with van der Waals surface area (Å²) in [5, 5.41) is 50.7. The Kier molecular flexibility index (Phi) is 7.33. The van der Waals surface area contributed by atoms with Crippen molar-refractivity contribution in [3.63, 3.8) is 0 Å². The molecule has 0 unspecified atom stereocenters. The van der Waals surface area contributed by atoms with Gasteiger partial charge in [-0.25, -0.2) is 0 Å². The number of benzene rings is 1. The highest BCUT2D eigenvalue weighted by molar-refractivity contribution is 6.36. The topological polar surface area (TPSA) is 126 Å². The molecule has 0 aliphatic rings. The van der Waals surface area contributed by atoms with E-state index in [-0.39, 0.29) is 0 Å². The number of halogens is 2. The van der Waals surface area contributed by atoms with Crippen molar-refractivity contribution in [1.82, 2.24) is 0 Å². The summed E-state index contributed by atoms with van der Waals surface area (Å²) in [6, 6.07) is 4.64. The summed E-state index contributed by atoms with van der Waals surface area (Å²) >= 11 is 11.6. The monoisotopic (exact) mass is 338 g/mol. The molecule has 0 radical (unpaired) electrons. The fourth-order valence-electron chi connectivity index (χ4n) is 1.39. The number of hydrogen-bond acceptors (Lipinski definition) is 7. The van der Waals surface area contributed by atoms with E-state index in [1.54, 1.807) is 12.1 Å². The van der Waals surface area contributed by atoms with Gasteiger partial charge in [0.15, 0.2) is 0 Å². The summed E-state index contributed by atoms with van der Waals surface area (Å²) < 4.78 is 0. The van der Waals surface area contributed by atoms with Gasteiger partial charge in [0.05, 0.1) is 23.5 Å². The highest BCUT2D eigenvalue weighted by Gasteiger charge is 2.29. The number of nitrogens with zero attached hydrogens (tertiary/aromatic N) is 1. The average molecular weight is 339 g/mol. The molecule has 118 valence electrons. The lowest BCUT2D eigenvalue weighted by atomic mass is 10.0. The van der Waals surface area contributed by atoms with Crippen LogP contribution in [-0.4, -0.2) is 62.8 Å². The molecule has 7 nitrogen and oxygen atoms in total. The molecule has 0 spiro atoms. The molecule has 0 saturated carbocycles. The van der Waals surface area contributed by atoms with Crippen LogP contribution in [0.25, 0.3) is 0 Å². The first-order valence-corrected chi connectivity index (χ1v) is 6.69. The zero-order chi connectivity index (χ0) is 16.0. The number of aliphatic hydroxyl groups is 5. The van der Waals surface area contributed by atoms with Crippen LogP contribution in [0.5, 0.6) is 0 Å². The third-order valence-corrected chi connectivity index (χ3v) is 3.17. The summed E-state index contributed by atoms with van der Waals surface area (Å²) in [7, 11) is 0. The van der Waals surface area contributed by atoms with Crippen molar-refractivity contribution in [2.45, 2.75) is 24.4 Å². The normalized spacial score (nSPS) is 17.5. The molecule has 0 heterocycles. The quantitative estimate of drug-likeness (QED) is 0.303. The van der Waals surface area contributed by atoms with Crippen LogP contribution in [0.4, 0.5) is 5.69 Å². The smallest absolute Gasteiger partial charge is 0.119 e. The van der Waals surface area contributed by atoms with E-state index in [1.165, 1.54) is 6.07 Å². The molecular formula is C12H16Cl2N2O5. The van der Waals surface area contributed by atoms with Crippen molar-refractivity contribution in [1.29, 1.82) is 0 Å². The van der Waals surface area contributed by atoms with E-state index in [0.717, 1.165) is 6.21 Å². The van der Waals surface area contributed by atoms with Crippen LogP contribution in [0.1, 0.15) is 0 Å². The lowest BCUT2D eigenvalue weighted by Gasteiger charge is -2.23. The summed E-state index contributed by atoms with van der Waals surface area (Å²) in [6.07, 6.45) is -5.63. The second-order valence-corrected chi connectivity index (χ2v) is 5.08. The van der Waals surface area contributed by atoms with Crippen molar-refractivity contribution in [2.75, 3.05) is 12.0 Å². The van der Waals surface area contributed by atoms with E-state index in [9.17, 15) is 15.3 Å². The van der Waals surface area contributed by atoms with Crippen LogP contribution in [0.15, 0.2) is 23.3 Å². The molecule has 0 aliphatic carbocycles. The Morgan fingerprint density at radius 3 is 2.38 bits per heavy atom. The first-order valence-electron chi connectivity index (χ1n) is 5.94. The van der Waals surface area contributed by atoms with Crippen molar-refractivity contribution in [3.8, 4) is 0 Å². The van der Waals surface area contributed by atoms with Crippen molar-refractivity contribution >= 4 is 35.1 Å². The highest BCUT2D eigenvalue weighted by atomic mass is 35.5. The number of anilines is 1. The molecule has 9 heteroatoms. The molecule has 1 rings (SSSR count). The van der Waals surface area contributed by atoms with Gasteiger partial charge in [-0.15, -0.1) is 0 Å². The van der Waals surface area contributed by atoms with Gasteiger partial charge in [0.25, 0.3) is 0 Å². The van der Waals surface area contributed by atoms with Gasteiger partial charge in [-0.3, -0.25) is 5.43 Å². The summed E-state index contributed by atoms with van der Waals surface area (Å²) in [5.41, 5.74) is 2.95. The second-order valence-electron chi connectivity index (χ2n) is 4.24. The molecule has 6 N–H and O–H groups in total. The van der Waals surface area contributed by atoms with Crippen LogP contribution in [0.3, 0.4) is 0 Å². The Morgan fingerprint density at radius 1 is 1.14 bits per heavy atom. The molecule has 0 aliphatic heterocycles. The number of nitrogens with one attached hydrogen (secondary N) is 1. The maximum Gasteiger partial charge on any atom is 0.119 e. The minimum Gasteiger partial charge on any atom is -0.394 e. The van der Waals surface area contributed by atoms with E-state index in [1.807, 2.05) is 0 Å². The van der Waals surface area contributed by atoms with Gasteiger partial charge >= 0.3 is 0 Å². The van der Waals surface area contributed by atoms with Gasteiger partial charge in [0.1, 0.15) is 24.4 Å². The van der Waals surface area contributed by atoms with E-state index < -0.39 is 31.0 Å². The van der Waals surface area contributed by atoms with Gasteiger partial charge in [-0.2, -0.15) is 5.10 Å². The molecule has 1 aromatic rings. The Bertz CT molecular complexity index is 489. The van der Waals surface area contributed by atoms with Crippen LogP contribution in [-0.2, 0) is 0 Å². The predicted molar refractivity (Wildman–Crippen MR) is 79.7 cm³/mol. The highest BCUT2D eigenvalue weighted by Crippen LogP contribution is 2.25. The molecule has 0 amide bonds. The van der Waals surface area contributed by atoms with E-state index in [2.05, 4.69) is 10.5 Å².